The largest absolute Gasteiger partial charge is 0.309 e. The molecular weight excluding hydrogens is 256 g/mol. The molecule has 1 fully saturated rings. The zero-order valence-corrected chi connectivity index (χ0v) is 11.9. The highest BCUT2D eigenvalue weighted by Crippen LogP contribution is 2.39. The lowest BCUT2D eigenvalue weighted by Crippen LogP contribution is -2.17. The molecule has 0 saturated carbocycles. The molecule has 3 aromatic rings. The van der Waals surface area contributed by atoms with Crippen LogP contribution < -0.4 is 5.32 Å². The SMILES string of the molecule is c1ccc(C2NCCC2c2cncc3ccccc23)cc1. The predicted octanol–water partition coefficient (Wildman–Crippen LogP) is 4.05. The van der Waals surface area contributed by atoms with Crippen LogP contribution in [0.2, 0.25) is 0 Å². The maximum absolute atomic E-state index is 4.46. The van der Waals surface area contributed by atoms with Crippen molar-refractivity contribution in [2.45, 2.75) is 18.4 Å². The fourth-order valence-corrected chi connectivity index (χ4v) is 3.48. The van der Waals surface area contributed by atoms with Gasteiger partial charge in [-0.25, -0.2) is 0 Å². The molecule has 21 heavy (non-hydrogen) atoms. The number of nitrogens with one attached hydrogen (secondary N) is 1. The van der Waals surface area contributed by atoms with Crippen LogP contribution in [0.3, 0.4) is 0 Å². The molecule has 0 amide bonds. The van der Waals surface area contributed by atoms with E-state index in [-0.39, 0.29) is 0 Å². The molecule has 2 unspecified atom stereocenters. The Morgan fingerprint density at radius 2 is 1.71 bits per heavy atom. The Hall–Kier alpha value is -2.19. The van der Waals surface area contributed by atoms with Crippen molar-refractivity contribution in [3.05, 3.63) is 78.1 Å². The minimum absolute atomic E-state index is 0.388. The maximum atomic E-state index is 4.46. The Labute approximate surface area is 124 Å². The highest BCUT2D eigenvalue weighted by molar-refractivity contribution is 5.85. The normalized spacial score (nSPS) is 21.7. The average Bonchev–Trinajstić information content (AvgIpc) is 3.04. The first kappa shape index (κ1) is 12.5. The number of hydrogen-bond acceptors (Lipinski definition) is 2. The summed E-state index contributed by atoms with van der Waals surface area (Å²) in [5.74, 6) is 0.492. The summed E-state index contributed by atoms with van der Waals surface area (Å²) in [5.41, 5.74) is 2.74. The first-order chi connectivity index (χ1) is 10.4. The molecule has 1 aliphatic heterocycles. The van der Waals surface area contributed by atoms with Crippen molar-refractivity contribution in [2.75, 3.05) is 6.54 Å². The van der Waals surface area contributed by atoms with E-state index in [0.29, 0.717) is 12.0 Å². The van der Waals surface area contributed by atoms with Crippen molar-refractivity contribution in [3.63, 3.8) is 0 Å². The number of fused-ring (bicyclic) bond motifs is 1. The van der Waals surface area contributed by atoms with Gasteiger partial charge in [-0.1, -0.05) is 54.6 Å². The van der Waals surface area contributed by atoms with Crippen molar-refractivity contribution >= 4 is 10.8 Å². The lowest BCUT2D eigenvalue weighted by Gasteiger charge is -2.21. The topological polar surface area (TPSA) is 24.9 Å². The second-order valence-electron chi connectivity index (χ2n) is 5.69. The molecule has 1 aromatic heterocycles. The van der Waals surface area contributed by atoms with Gasteiger partial charge in [0.25, 0.3) is 0 Å². The average molecular weight is 274 g/mol. The minimum Gasteiger partial charge on any atom is -0.309 e. The molecule has 4 rings (SSSR count). The molecule has 0 spiro atoms. The van der Waals surface area contributed by atoms with Gasteiger partial charge in [-0.05, 0) is 29.5 Å². The van der Waals surface area contributed by atoms with Crippen molar-refractivity contribution in [1.29, 1.82) is 0 Å². The van der Waals surface area contributed by atoms with Gasteiger partial charge in [0.1, 0.15) is 0 Å². The molecule has 2 atom stereocenters. The van der Waals surface area contributed by atoms with Gasteiger partial charge in [0.05, 0.1) is 0 Å². The number of hydrogen-bond donors (Lipinski definition) is 1. The van der Waals surface area contributed by atoms with Crippen LogP contribution >= 0.6 is 0 Å². The first-order valence-corrected chi connectivity index (χ1v) is 7.54. The summed E-state index contributed by atoms with van der Waals surface area (Å²) in [6.07, 6.45) is 5.17. The van der Waals surface area contributed by atoms with Gasteiger partial charge in [-0.15, -0.1) is 0 Å². The van der Waals surface area contributed by atoms with E-state index in [0.717, 1.165) is 13.0 Å². The van der Waals surface area contributed by atoms with Gasteiger partial charge >= 0.3 is 0 Å². The van der Waals surface area contributed by atoms with Gasteiger partial charge in [-0.2, -0.15) is 0 Å². The zero-order chi connectivity index (χ0) is 14.1. The van der Waals surface area contributed by atoms with E-state index in [2.05, 4.69) is 71.1 Å². The Bertz CT molecular complexity index is 746. The molecule has 0 radical (unpaired) electrons. The van der Waals surface area contributed by atoms with Crippen LogP contribution in [0.5, 0.6) is 0 Å². The third-order valence-corrected chi connectivity index (χ3v) is 4.48. The molecule has 0 bridgehead atoms. The molecule has 2 heterocycles. The quantitative estimate of drug-likeness (QED) is 0.762. The van der Waals surface area contributed by atoms with E-state index in [1.165, 1.54) is 21.9 Å². The summed E-state index contributed by atoms with van der Waals surface area (Å²) in [6, 6.07) is 19.7. The van der Waals surface area contributed by atoms with Gasteiger partial charge in [-0.3, -0.25) is 4.98 Å². The zero-order valence-electron chi connectivity index (χ0n) is 11.9. The Balaban J connectivity index is 1.81. The van der Waals surface area contributed by atoms with E-state index in [1.807, 2.05) is 6.20 Å². The van der Waals surface area contributed by atoms with Crippen LogP contribution in [-0.2, 0) is 0 Å². The van der Waals surface area contributed by atoms with Crippen molar-refractivity contribution < 1.29 is 0 Å². The van der Waals surface area contributed by atoms with E-state index in [1.54, 1.807) is 0 Å². The fourth-order valence-electron chi connectivity index (χ4n) is 3.48. The lowest BCUT2D eigenvalue weighted by atomic mass is 9.86. The molecule has 2 nitrogen and oxygen atoms in total. The van der Waals surface area contributed by atoms with Crippen LogP contribution in [0.1, 0.15) is 29.5 Å². The third-order valence-electron chi connectivity index (χ3n) is 4.48. The first-order valence-electron chi connectivity index (χ1n) is 7.54. The van der Waals surface area contributed by atoms with Crippen molar-refractivity contribution in [1.82, 2.24) is 10.3 Å². The third kappa shape index (κ3) is 2.22. The highest BCUT2D eigenvalue weighted by Gasteiger charge is 2.30. The number of pyridine rings is 1. The van der Waals surface area contributed by atoms with E-state index >= 15 is 0 Å². The molecule has 2 heteroatoms. The van der Waals surface area contributed by atoms with Crippen LogP contribution in [0, 0.1) is 0 Å². The second kappa shape index (κ2) is 5.30. The van der Waals surface area contributed by atoms with Gasteiger partial charge in [0, 0.05) is 29.7 Å². The Morgan fingerprint density at radius 3 is 2.62 bits per heavy atom. The molecule has 2 aromatic carbocycles. The summed E-state index contributed by atoms with van der Waals surface area (Å²) >= 11 is 0. The highest BCUT2D eigenvalue weighted by atomic mass is 15.0. The maximum Gasteiger partial charge on any atom is 0.0390 e. The van der Waals surface area contributed by atoms with E-state index < -0.39 is 0 Å². The number of rotatable bonds is 2. The van der Waals surface area contributed by atoms with Crippen LogP contribution in [0.4, 0.5) is 0 Å². The summed E-state index contributed by atoms with van der Waals surface area (Å²) in [5, 5.41) is 6.22. The van der Waals surface area contributed by atoms with Crippen LogP contribution in [0.25, 0.3) is 10.8 Å². The van der Waals surface area contributed by atoms with Gasteiger partial charge < -0.3 is 5.32 Å². The standard InChI is InChI=1S/C19H18N2/c1-2-6-14(7-3-1)19-17(10-11-21-19)18-13-20-12-15-8-4-5-9-16(15)18/h1-9,12-13,17,19,21H,10-11H2. The lowest BCUT2D eigenvalue weighted by molar-refractivity contribution is 0.579. The number of benzene rings is 2. The van der Waals surface area contributed by atoms with Crippen molar-refractivity contribution in [3.8, 4) is 0 Å². The van der Waals surface area contributed by atoms with Gasteiger partial charge in [0.15, 0.2) is 0 Å². The smallest absolute Gasteiger partial charge is 0.0390 e. The second-order valence-corrected chi connectivity index (χ2v) is 5.69. The molecule has 1 aliphatic rings. The number of aromatic nitrogens is 1. The molecule has 1 N–H and O–H groups in total. The van der Waals surface area contributed by atoms with E-state index in [9.17, 15) is 0 Å². The fraction of sp³-hybridized carbons (Fsp3) is 0.211. The Morgan fingerprint density at radius 1 is 0.905 bits per heavy atom. The summed E-state index contributed by atoms with van der Waals surface area (Å²) in [7, 11) is 0. The predicted molar refractivity (Wildman–Crippen MR) is 86.3 cm³/mol. The molecule has 0 aliphatic carbocycles. The molecule has 1 saturated heterocycles. The van der Waals surface area contributed by atoms with Crippen LogP contribution in [0.15, 0.2) is 67.0 Å². The summed E-state index contributed by atoms with van der Waals surface area (Å²) in [4.78, 5) is 4.46. The van der Waals surface area contributed by atoms with Crippen molar-refractivity contribution in [2.24, 2.45) is 0 Å². The molecule has 104 valence electrons. The monoisotopic (exact) mass is 274 g/mol. The minimum atomic E-state index is 0.388. The van der Waals surface area contributed by atoms with Gasteiger partial charge in [0.2, 0.25) is 0 Å². The Kier molecular flexibility index (Phi) is 3.17. The summed E-state index contributed by atoms with van der Waals surface area (Å²) < 4.78 is 0. The number of nitrogens with zero attached hydrogens (tertiary/aromatic N) is 1. The van der Waals surface area contributed by atoms with E-state index in [4.69, 9.17) is 0 Å². The van der Waals surface area contributed by atoms with Crippen LogP contribution in [-0.4, -0.2) is 11.5 Å². The summed E-state index contributed by atoms with van der Waals surface area (Å²) in [6.45, 7) is 1.06. The molecular formula is C19H18N2.